The van der Waals surface area contributed by atoms with Gasteiger partial charge in [-0.25, -0.2) is 13.5 Å². The number of halogens is 3. The molecule has 1 fully saturated rings. The Hall–Kier alpha value is -3.95. The van der Waals surface area contributed by atoms with Crippen molar-refractivity contribution in [3.05, 3.63) is 76.6 Å². The first kappa shape index (κ1) is 28.2. The second kappa shape index (κ2) is 10.4. The minimum absolute atomic E-state index is 0.0252. The lowest BCUT2D eigenvalue weighted by molar-refractivity contribution is -0.166. The Bertz CT molecular complexity index is 1720. The molecule has 15 heteroatoms. The van der Waals surface area contributed by atoms with Crippen molar-refractivity contribution in [2.24, 2.45) is 0 Å². The lowest BCUT2D eigenvalue weighted by Crippen LogP contribution is -2.60. The van der Waals surface area contributed by atoms with Crippen LogP contribution < -0.4 is 4.74 Å². The van der Waals surface area contributed by atoms with Gasteiger partial charge in [-0.2, -0.15) is 13.2 Å². The van der Waals surface area contributed by atoms with E-state index in [2.05, 4.69) is 15.2 Å². The molecular weight excluding hydrogens is 577 g/mol. The molecule has 42 heavy (non-hydrogen) atoms. The second-order valence-corrected chi connectivity index (χ2v) is 11.8. The first-order chi connectivity index (χ1) is 20.0. The summed E-state index contributed by atoms with van der Waals surface area (Å²) in [5.41, 5.74) is 1.85. The zero-order valence-corrected chi connectivity index (χ0v) is 23.3. The first-order valence-electron chi connectivity index (χ1n) is 12.9. The van der Waals surface area contributed by atoms with Crippen LogP contribution in [0.2, 0.25) is 0 Å². The van der Waals surface area contributed by atoms with Gasteiger partial charge in [0.15, 0.2) is 11.2 Å². The molecule has 1 spiro atoms. The summed E-state index contributed by atoms with van der Waals surface area (Å²) in [4.78, 5) is 21.5. The third-order valence-electron chi connectivity index (χ3n) is 7.45. The van der Waals surface area contributed by atoms with E-state index in [0.717, 1.165) is 9.96 Å². The molecule has 220 valence electrons. The van der Waals surface area contributed by atoms with E-state index < -0.39 is 40.5 Å². The fraction of sp³-hybridized carbons (Fsp3) is 0.370. The van der Waals surface area contributed by atoms with E-state index >= 15 is 0 Å². The van der Waals surface area contributed by atoms with Gasteiger partial charge < -0.3 is 14.6 Å². The molecule has 0 aliphatic carbocycles. The molecule has 0 aromatic carbocycles. The molecule has 0 bridgehead atoms. The molecule has 1 N–H and O–H groups in total. The number of aliphatic carboxylic acids is 1. The maximum absolute atomic E-state index is 13.7. The predicted molar refractivity (Wildman–Crippen MR) is 141 cm³/mol. The summed E-state index contributed by atoms with van der Waals surface area (Å²) in [5, 5.41) is 16.8. The number of ether oxygens (including phenoxy) is 2. The van der Waals surface area contributed by atoms with E-state index in [0.29, 0.717) is 40.6 Å². The fourth-order valence-corrected chi connectivity index (χ4v) is 6.57. The van der Waals surface area contributed by atoms with Crippen molar-refractivity contribution in [3.8, 4) is 5.88 Å². The lowest BCUT2D eigenvalue weighted by Gasteiger charge is -2.41. The molecule has 4 aromatic heterocycles. The smallest absolute Gasteiger partial charge is 0.452 e. The summed E-state index contributed by atoms with van der Waals surface area (Å²) in [7, 11) is -1.63. The van der Waals surface area contributed by atoms with Crippen LogP contribution in [0.25, 0.3) is 5.65 Å². The second-order valence-electron chi connectivity index (χ2n) is 10.4. The van der Waals surface area contributed by atoms with E-state index in [4.69, 9.17) is 14.5 Å². The van der Waals surface area contributed by atoms with Crippen molar-refractivity contribution in [2.75, 3.05) is 19.8 Å². The van der Waals surface area contributed by atoms with Gasteiger partial charge >= 0.3 is 12.1 Å². The molecule has 11 nitrogen and oxygen atoms in total. The minimum atomic E-state index is -4.71. The largest absolute Gasteiger partial charge is 0.481 e. The van der Waals surface area contributed by atoms with E-state index in [1.807, 2.05) is 6.92 Å². The normalized spacial score (nSPS) is 19.1. The molecule has 0 amide bonds. The van der Waals surface area contributed by atoms with Gasteiger partial charge in [-0.15, -0.1) is 10.2 Å². The van der Waals surface area contributed by atoms with Crippen molar-refractivity contribution in [2.45, 2.75) is 49.4 Å². The summed E-state index contributed by atoms with van der Waals surface area (Å²) < 4.78 is 68.0. The fourth-order valence-electron chi connectivity index (χ4n) is 5.26. The Morgan fingerprint density at radius 3 is 2.67 bits per heavy atom. The number of pyridine rings is 3. The minimum Gasteiger partial charge on any atom is -0.481 e. The molecule has 6 rings (SSSR count). The number of fused-ring (bicyclic) bond motifs is 2. The maximum atomic E-state index is 13.7. The van der Waals surface area contributed by atoms with Crippen molar-refractivity contribution in [3.63, 3.8) is 0 Å². The quantitative estimate of drug-likeness (QED) is 0.353. The molecule has 0 radical (unpaired) electrons. The van der Waals surface area contributed by atoms with Crippen LogP contribution in [0.1, 0.15) is 46.2 Å². The van der Waals surface area contributed by atoms with E-state index in [1.165, 1.54) is 12.3 Å². The highest BCUT2D eigenvalue weighted by atomic mass is 32.2. The summed E-state index contributed by atoms with van der Waals surface area (Å²) >= 11 is 0. The molecule has 2 atom stereocenters. The molecule has 4 aromatic rings. The first-order valence-corrected chi connectivity index (χ1v) is 14.0. The summed E-state index contributed by atoms with van der Waals surface area (Å²) in [6.45, 7) is 4.48. The van der Waals surface area contributed by atoms with Gasteiger partial charge in [-0.1, -0.05) is 6.07 Å². The van der Waals surface area contributed by atoms with Crippen LogP contribution in [0.15, 0.2) is 47.6 Å². The van der Waals surface area contributed by atoms with Crippen LogP contribution in [0.5, 0.6) is 5.88 Å². The van der Waals surface area contributed by atoms with Crippen molar-refractivity contribution >= 4 is 22.6 Å². The molecule has 1 saturated heterocycles. The summed E-state index contributed by atoms with van der Waals surface area (Å²) in [6.07, 6.45) is -2.31. The van der Waals surface area contributed by atoms with Gasteiger partial charge in [0.1, 0.15) is 15.9 Å². The number of rotatable bonds is 6. The number of aromatic nitrogens is 5. The van der Waals surface area contributed by atoms with Crippen molar-refractivity contribution < 1.29 is 36.8 Å². The van der Waals surface area contributed by atoms with Crippen molar-refractivity contribution in [1.29, 1.82) is 0 Å². The molecule has 2 aliphatic heterocycles. The van der Waals surface area contributed by atoms with Crippen molar-refractivity contribution in [1.82, 2.24) is 28.9 Å². The zero-order valence-electron chi connectivity index (χ0n) is 22.5. The number of hydrogen-bond acceptors (Lipinski definition) is 8. The third-order valence-corrected chi connectivity index (χ3v) is 8.86. The highest BCUT2D eigenvalue weighted by molar-refractivity contribution is 7.82. The van der Waals surface area contributed by atoms with Crippen LogP contribution in [-0.2, 0) is 33.2 Å². The molecule has 2 unspecified atom stereocenters. The standard InChI is InChI=1S/C27H25F3N6O5S/c1-15-5-6-19(18(10-22(37)38)17-7-9-36-23(16(17)2)33-34-25(36)27(28,29)30)32-20(15)11-35-12-26(13-40-14-26)41-24-21(42(35)39)4-3-8-31-24/h3-9,18H,10-14H2,1-2H3,(H,37,38). The zero-order chi connectivity index (χ0) is 29.8. The molecule has 2 aliphatic rings. The maximum Gasteiger partial charge on any atom is 0.452 e. The summed E-state index contributed by atoms with van der Waals surface area (Å²) in [6, 6.07) is 8.32. The number of nitrogens with zero attached hydrogens (tertiary/aromatic N) is 6. The van der Waals surface area contributed by atoms with Crippen LogP contribution in [-0.4, -0.2) is 69.5 Å². The number of carboxylic acid groups (broad SMARTS) is 1. The topological polar surface area (TPSA) is 132 Å². The Labute approximate surface area is 239 Å². The highest BCUT2D eigenvalue weighted by Crippen LogP contribution is 2.37. The number of hydrogen-bond donors (Lipinski definition) is 1. The number of alkyl halides is 3. The van der Waals surface area contributed by atoms with E-state index in [-0.39, 0.29) is 31.0 Å². The van der Waals surface area contributed by atoms with Crippen LogP contribution in [0.4, 0.5) is 13.2 Å². The summed E-state index contributed by atoms with van der Waals surface area (Å²) in [5.74, 6) is -2.79. The van der Waals surface area contributed by atoms with Gasteiger partial charge in [0.05, 0.1) is 38.4 Å². The number of carbonyl (C=O) groups is 1. The third kappa shape index (κ3) is 5.01. The average Bonchev–Trinajstić information content (AvgIpc) is 3.32. The Balaban J connectivity index is 1.38. The molecular formula is C27H25F3N6O5S. The Kier molecular flexibility index (Phi) is 6.98. The monoisotopic (exact) mass is 602 g/mol. The lowest BCUT2D eigenvalue weighted by atomic mass is 9.89. The van der Waals surface area contributed by atoms with E-state index in [9.17, 15) is 27.3 Å². The number of carboxylic acids is 1. The van der Waals surface area contributed by atoms with Gasteiger partial charge in [0, 0.05) is 24.0 Å². The van der Waals surface area contributed by atoms with Crippen LogP contribution in [0.3, 0.4) is 0 Å². The van der Waals surface area contributed by atoms with Gasteiger partial charge in [0.2, 0.25) is 11.7 Å². The van der Waals surface area contributed by atoms with Gasteiger partial charge in [0.25, 0.3) is 0 Å². The van der Waals surface area contributed by atoms with Crippen LogP contribution >= 0.6 is 0 Å². The van der Waals surface area contributed by atoms with Gasteiger partial charge in [-0.3, -0.25) is 14.2 Å². The SMILES string of the molecule is Cc1ccc(C(CC(=O)O)c2ccn3c(C(F)(F)F)nnc3c2C)nc1CN1CC2(COC2)Oc2ncccc2S1=O. The average molecular weight is 603 g/mol. The molecule has 6 heterocycles. The number of aryl methyl sites for hydroxylation is 2. The Morgan fingerprint density at radius 2 is 1.98 bits per heavy atom. The van der Waals surface area contributed by atoms with E-state index in [1.54, 1.807) is 41.7 Å². The van der Waals surface area contributed by atoms with Crippen LogP contribution in [0, 0.1) is 13.8 Å². The predicted octanol–water partition coefficient (Wildman–Crippen LogP) is 3.45. The molecule has 0 saturated carbocycles. The Morgan fingerprint density at radius 1 is 1.19 bits per heavy atom. The van der Waals surface area contributed by atoms with Gasteiger partial charge in [-0.05, 0) is 54.8 Å². The highest BCUT2D eigenvalue weighted by Gasteiger charge is 2.47.